The molecule has 0 amide bonds. The fourth-order valence-corrected chi connectivity index (χ4v) is 0.759. The van der Waals surface area contributed by atoms with Crippen LogP contribution in [0.1, 0.15) is 6.92 Å². The molecule has 0 aromatic carbocycles. The minimum absolute atomic E-state index is 0.642. The molecule has 58 valence electrons. The molecule has 0 aromatic heterocycles. The predicted molar refractivity (Wildman–Crippen MR) is 46.5 cm³/mol. The highest BCUT2D eigenvalue weighted by Crippen LogP contribution is 2.01. The second-order valence-corrected chi connectivity index (χ2v) is 2.21. The van der Waals surface area contributed by atoms with Gasteiger partial charge in [-0.25, -0.2) is 4.99 Å². The molecule has 0 aromatic rings. The van der Waals surface area contributed by atoms with Crippen LogP contribution in [0.3, 0.4) is 0 Å². The van der Waals surface area contributed by atoms with E-state index in [9.17, 15) is 0 Å². The molecular formula is C9H11NO. The van der Waals surface area contributed by atoms with Gasteiger partial charge in [-0.1, -0.05) is 18.2 Å². The van der Waals surface area contributed by atoms with Crippen LogP contribution in [-0.2, 0) is 4.74 Å². The van der Waals surface area contributed by atoms with E-state index in [-0.39, 0.29) is 0 Å². The predicted octanol–water partition coefficient (Wildman–Crippen LogP) is 2.06. The van der Waals surface area contributed by atoms with E-state index in [1.54, 1.807) is 7.11 Å². The average molecular weight is 149 g/mol. The standard InChI is InChI=1S/C9H11NO/c1-8-6-4-3-5-7-9(10-8)11-2/h3-7H,1-2H3/b4-3?,5-3-,6-4-,7-5?,8-6?,9-7+,10-8-,10-9?. The van der Waals surface area contributed by atoms with Gasteiger partial charge < -0.3 is 4.74 Å². The lowest BCUT2D eigenvalue weighted by molar-refractivity contribution is 0.288. The summed E-state index contributed by atoms with van der Waals surface area (Å²) in [6, 6.07) is 0. The van der Waals surface area contributed by atoms with Gasteiger partial charge in [0.2, 0.25) is 5.88 Å². The van der Waals surface area contributed by atoms with Crippen LogP contribution < -0.4 is 0 Å². The first-order valence-electron chi connectivity index (χ1n) is 3.47. The van der Waals surface area contributed by atoms with E-state index in [4.69, 9.17) is 4.74 Å². The van der Waals surface area contributed by atoms with Crippen molar-refractivity contribution in [2.75, 3.05) is 7.11 Å². The second kappa shape index (κ2) is 3.76. The van der Waals surface area contributed by atoms with Gasteiger partial charge in [-0.05, 0) is 13.0 Å². The summed E-state index contributed by atoms with van der Waals surface area (Å²) >= 11 is 0. The van der Waals surface area contributed by atoms with E-state index in [0.29, 0.717) is 5.88 Å². The molecule has 1 rings (SSSR count). The molecule has 0 aliphatic carbocycles. The van der Waals surface area contributed by atoms with Crippen LogP contribution in [0.5, 0.6) is 0 Å². The van der Waals surface area contributed by atoms with E-state index in [2.05, 4.69) is 4.99 Å². The number of aliphatic imine (C=N–C) groups is 1. The Bertz CT molecular complexity index is 246. The number of ether oxygens (including phenoxy) is 1. The van der Waals surface area contributed by atoms with Crippen LogP contribution in [0, 0.1) is 0 Å². The van der Waals surface area contributed by atoms with E-state index in [0.717, 1.165) is 5.71 Å². The Hall–Kier alpha value is -1.31. The summed E-state index contributed by atoms with van der Waals surface area (Å²) in [5.74, 6) is 0.642. The normalized spacial score (nSPS) is 31.8. The molecule has 1 heterocycles. The lowest BCUT2D eigenvalue weighted by Crippen LogP contribution is -1.90. The Morgan fingerprint density at radius 1 is 1.27 bits per heavy atom. The van der Waals surface area contributed by atoms with Gasteiger partial charge >= 0.3 is 0 Å². The van der Waals surface area contributed by atoms with Gasteiger partial charge in [-0.3, -0.25) is 0 Å². The summed E-state index contributed by atoms with van der Waals surface area (Å²) in [5, 5.41) is 0. The quantitative estimate of drug-likeness (QED) is 0.559. The Morgan fingerprint density at radius 2 is 2.09 bits per heavy atom. The topological polar surface area (TPSA) is 21.6 Å². The fourth-order valence-electron chi connectivity index (χ4n) is 0.759. The summed E-state index contributed by atoms with van der Waals surface area (Å²) in [6.45, 7) is 1.93. The van der Waals surface area contributed by atoms with Crippen molar-refractivity contribution in [2.24, 2.45) is 4.99 Å². The maximum atomic E-state index is 4.99. The van der Waals surface area contributed by atoms with Crippen molar-refractivity contribution in [3.05, 3.63) is 36.3 Å². The maximum absolute atomic E-state index is 4.99. The van der Waals surface area contributed by atoms with Crippen molar-refractivity contribution < 1.29 is 4.74 Å². The monoisotopic (exact) mass is 149 g/mol. The number of nitrogens with zero attached hydrogens (tertiary/aromatic N) is 1. The number of hydrogen-bond donors (Lipinski definition) is 0. The molecule has 11 heavy (non-hydrogen) atoms. The Kier molecular flexibility index (Phi) is 2.66. The third-order valence-electron chi connectivity index (χ3n) is 1.29. The zero-order valence-corrected chi connectivity index (χ0v) is 6.74. The Balaban J connectivity index is 2.86. The average Bonchev–Trinajstić information content (AvgIpc) is 1.96. The maximum Gasteiger partial charge on any atom is 0.213 e. The molecule has 2 heteroatoms. The van der Waals surface area contributed by atoms with Crippen LogP contribution >= 0.6 is 0 Å². The van der Waals surface area contributed by atoms with Gasteiger partial charge in [0.1, 0.15) is 0 Å². The summed E-state index contributed by atoms with van der Waals surface area (Å²) in [5.41, 5.74) is 0.947. The third-order valence-corrected chi connectivity index (χ3v) is 1.29. The molecule has 0 unspecified atom stereocenters. The first-order valence-corrected chi connectivity index (χ1v) is 3.47. The van der Waals surface area contributed by atoms with Crippen LogP contribution in [0.25, 0.3) is 0 Å². The Labute approximate surface area is 66.6 Å². The van der Waals surface area contributed by atoms with Crippen molar-refractivity contribution in [3.63, 3.8) is 0 Å². The fraction of sp³-hybridized carbons (Fsp3) is 0.222. The van der Waals surface area contributed by atoms with Gasteiger partial charge in [0.25, 0.3) is 0 Å². The molecule has 0 N–H and O–H groups in total. The summed E-state index contributed by atoms with van der Waals surface area (Å²) in [6.07, 6.45) is 9.54. The lowest BCUT2D eigenvalue weighted by atomic mass is 10.3. The highest BCUT2D eigenvalue weighted by molar-refractivity contribution is 5.93. The van der Waals surface area contributed by atoms with Gasteiger partial charge in [-0.2, -0.15) is 0 Å². The molecule has 1 aliphatic heterocycles. The van der Waals surface area contributed by atoms with E-state index in [1.165, 1.54) is 0 Å². The van der Waals surface area contributed by atoms with Gasteiger partial charge in [-0.15, -0.1) is 0 Å². The van der Waals surface area contributed by atoms with Crippen LogP contribution in [-0.4, -0.2) is 12.8 Å². The molecule has 1 aliphatic rings. The summed E-state index contributed by atoms with van der Waals surface area (Å²) in [7, 11) is 1.61. The molecule has 0 atom stereocenters. The molecule has 0 bridgehead atoms. The molecule has 2 nitrogen and oxygen atoms in total. The number of rotatable bonds is 1. The second-order valence-electron chi connectivity index (χ2n) is 2.21. The molecular weight excluding hydrogens is 138 g/mol. The third kappa shape index (κ3) is 2.42. The number of methoxy groups -OCH3 is 1. The smallest absolute Gasteiger partial charge is 0.213 e. The minimum Gasteiger partial charge on any atom is -0.481 e. The minimum atomic E-state index is 0.642. The van der Waals surface area contributed by atoms with E-state index < -0.39 is 0 Å². The van der Waals surface area contributed by atoms with Crippen molar-refractivity contribution >= 4 is 5.71 Å². The highest BCUT2D eigenvalue weighted by atomic mass is 16.5. The zero-order valence-electron chi connectivity index (χ0n) is 6.74. The van der Waals surface area contributed by atoms with Crippen molar-refractivity contribution in [1.82, 2.24) is 0 Å². The molecule has 0 spiro atoms. The molecule has 0 fully saturated rings. The lowest BCUT2D eigenvalue weighted by Gasteiger charge is -1.99. The molecule has 0 saturated carbocycles. The van der Waals surface area contributed by atoms with Crippen LogP contribution in [0.15, 0.2) is 41.3 Å². The number of hydrogen-bond acceptors (Lipinski definition) is 2. The zero-order chi connectivity index (χ0) is 8.10. The SMILES string of the molecule is COC1=C/C=C\C=C/C(C)=N\1. The first-order chi connectivity index (χ1) is 5.33. The van der Waals surface area contributed by atoms with Crippen LogP contribution in [0.4, 0.5) is 0 Å². The van der Waals surface area contributed by atoms with Gasteiger partial charge in [0.15, 0.2) is 0 Å². The van der Waals surface area contributed by atoms with E-state index in [1.807, 2.05) is 37.3 Å². The Morgan fingerprint density at radius 3 is 2.82 bits per heavy atom. The summed E-state index contributed by atoms with van der Waals surface area (Å²) < 4.78 is 4.99. The van der Waals surface area contributed by atoms with Gasteiger partial charge in [0.05, 0.1) is 7.11 Å². The number of allylic oxidation sites excluding steroid dienone is 5. The highest BCUT2D eigenvalue weighted by Gasteiger charge is 1.91. The van der Waals surface area contributed by atoms with Crippen molar-refractivity contribution in [1.29, 1.82) is 0 Å². The first kappa shape index (κ1) is 7.79. The molecule has 0 radical (unpaired) electrons. The van der Waals surface area contributed by atoms with Crippen molar-refractivity contribution in [3.8, 4) is 0 Å². The van der Waals surface area contributed by atoms with Crippen molar-refractivity contribution in [2.45, 2.75) is 6.92 Å². The summed E-state index contributed by atoms with van der Waals surface area (Å²) in [4.78, 5) is 4.17. The van der Waals surface area contributed by atoms with Gasteiger partial charge in [0, 0.05) is 11.8 Å². The molecule has 0 saturated heterocycles. The van der Waals surface area contributed by atoms with E-state index >= 15 is 0 Å². The van der Waals surface area contributed by atoms with Crippen LogP contribution in [0.2, 0.25) is 0 Å². The largest absolute Gasteiger partial charge is 0.481 e.